The van der Waals surface area contributed by atoms with E-state index in [1.54, 1.807) is 6.20 Å². The van der Waals surface area contributed by atoms with Gasteiger partial charge in [0.1, 0.15) is 6.34 Å². The van der Waals surface area contributed by atoms with E-state index in [1.807, 2.05) is 18.3 Å². The van der Waals surface area contributed by atoms with Crippen LogP contribution in [0.25, 0.3) is 27.6 Å². The fourth-order valence-electron chi connectivity index (χ4n) is 4.14. The maximum atomic E-state index is 4.68. The van der Waals surface area contributed by atoms with Crippen LogP contribution in [0, 0.1) is 0 Å². The van der Waals surface area contributed by atoms with Gasteiger partial charge in [0.05, 0.1) is 23.3 Å². The first-order valence-electron chi connectivity index (χ1n) is 9.80. The van der Waals surface area contributed by atoms with Crippen LogP contribution in [0.15, 0.2) is 101 Å². The van der Waals surface area contributed by atoms with Gasteiger partial charge in [0.25, 0.3) is 0 Å². The first-order chi connectivity index (χ1) is 14.8. The molecule has 0 fully saturated rings. The fraction of sp³-hybridized carbons (Fsp3) is 0.0385. The van der Waals surface area contributed by atoms with Crippen molar-refractivity contribution in [3.63, 3.8) is 0 Å². The van der Waals surface area contributed by atoms with Gasteiger partial charge in [-0.2, -0.15) is 0 Å². The van der Waals surface area contributed by atoms with Crippen LogP contribution < -0.4 is 4.90 Å². The summed E-state index contributed by atoms with van der Waals surface area (Å²) in [6.45, 7) is 5.64. The second-order valence-electron chi connectivity index (χ2n) is 7.17. The van der Waals surface area contributed by atoms with E-state index in [0.717, 1.165) is 33.9 Å². The Hall–Kier alpha value is -4.05. The van der Waals surface area contributed by atoms with Gasteiger partial charge >= 0.3 is 0 Å². The van der Waals surface area contributed by atoms with Gasteiger partial charge in [-0.1, -0.05) is 42.5 Å². The Morgan fingerprint density at radius 2 is 1.80 bits per heavy atom. The summed E-state index contributed by atoms with van der Waals surface area (Å²) < 4.78 is 0. The van der Waals surface area contributed by atoms with Gasteiger partial charge in [0.2, 0.25) is 0 Å². The van der Waals surface area contributed by atoms with Crippen molar-refractivity contribution in [1.29, 1.82) is 0 Å². The van der Waals surface area contributed by atoms with Gasteiger partial charge in [-0.25, -0.2) is 4.99 Å². The molecular weight excluding hydrogens is 368 g/mol. The minimum atomic E-state index is 0.882. The SMILES string of the molecule is C=N/C=N\C1=C(C)N(c2cccnc2)c2cccc3cc(-c4ccccc4)cc1c23. The standard InChI is InChI=1S/C26H20N4/c1-18-26(29-17-27-2)23-15-21(19-8-4-3-5-9-19)14-20-10-6-12-24(25(20)23)30(18)22-11-7-13-28-16-22/h3-17H,2H2,1H3/b29-17-. The Morgan fingerprint density at radius 3 is 2.57 bits per heavy atom. The highest BCUT2D eigenvalue weighted by Gasteiger charge is 2.26. The van der Waals surface area contributed by atoms with Crippen molar-refractivity contribution in [2.75, 3.05) is 4.90 Å². The molecule has 0 atom stereocenters. The summed E-state index contributed by atoms with van der Waals surface area (Å²) in [5.41, 5.74) is 7.47. The molecule has 144 valence electrons. The summed E-state index contributed by atoms with van der Waals surface area (Å²) in [4.78, 5) is 15.1. The van der Waals surface area contributed by atoms with E-state index in [9.17, 15) is 0 Å². The highest BCUT2D eigenvalue weighted by atomic mass is 15.2. The first kappa shape index (κ1) is 18.0. The summed E-state index contributed by atoms with van der Waals surface area (Å²) in [6, 6.07) is 25.3. The van der Waals surface area contributed by atoms with E-state index in [4.69, 9.17) is 0 Å². The Bertz CT molecular complexity index is 1310. The van der Waals surface area contributed by atoms with Gasteiger partial charge < -0.3 is 4.90 Å². The molecule has 4 nitrogen and oxygen atoms in total. The molecular formula is C26H20N4. The molecule has 3 aromatic carbocycles. The second-order valence-corrected chi connectivity index (χ2v) is 7.17. The summed E-state index contributed by atoms with van der Waals surface area (Å²) >= 11 is 0. The zero-order valence-corrected chi connectivity index (χ0v) is 16.7. The second kappa shape index (κ2) is 7.41. The third-order valence-corrected chi connectivity index (χ3v) is 5.41. The zero-order chi connectivity index (χ0) is 20.5. The van der Waals surface area contributed by atoms with E-state index in [1.165, 1.54) is 22.7 Å². The molecule has 1 aromatic heterocycles. The molecule has 0 bridgehead atoms. The van der Waals surface area contributed by atoms with Crippen LogP contribution in [0.2, 0.25) is 0 Å². The number of pyridine rings is 1. The Balaban J connectivity index is 1.84. The molecule has 4 aromatic rings. The quantitative estimate of drug-likeness (QED) is 0.297. The van der Waals surface area contributed by atoms with Gasteiger partial charge in [0.15, 0.2) is 0 Å². The van der Waals surface area contributed by atoms with Gasteiger partial charge in [-0.3, -0.25) is 9.98 Å². The average Bonchev–Trinajstić information content (AvgIpc) is 2.80. The Labute approximate surface area is 175 Å². The van der Waals surface area contributed by atoms with Crippen molar-refractivity contribution in [3.05, 3.63) is 96.5 Å². The van der Waals surface area contributed by atoms with Crippen LogP contribution in [0.1, 0.15) is 12.5 Å². The lowest BCUT2D eigenvalue weighted by molar-refractivity contribution is 1.13. The summed E-state index contributed by atoms with van der Waals surface area (Å²) in [5.74, 6) is 0. The zero-order valence-electron chi connectivity index (χ0n) is 16.7. The molecule has 0 saturated carbocycles. The van der Waals surface area contributed by atoms with Crippen molar-refractivity contribution in [3.8, 4) is 11.1 Å². The predicted octanol–water partition coefficient (Wildman–Crippen LogP) is 6.47. The first-order valence-corrected chi connectivity index (χ1v) is 9.80. The summed E-state index contributed by atoms with van der Waals surface area (Å²) in [6.07, 6.45) is 5.17. The number of rotatable bonds is 4. The summed E-state index contributed by atoms with van der Waals surface area (Å²) in [7, 11) is 0. The van der Waals surface area contributed by atoms with Crippen molar-refractivity contribution >= 4 is 40.9 Å². The molecule has 0 radical (unpaired) electrons. The molecule has 0 spiro atoms. The van der Waals surface area contributed by atoms with E-state index >= 15 is 0 Å². The maximum absolute atomic E-state index is 4.68. The van der Waals surface area contributed by atoms with Gasteiger partial charge in [-0.15, -0.1) is 0 Å². The minimum absolute atomic E-state index is 0.882. The Morgan fingerprint density at radius 1 is 0.933 bits per heavy atom. The average molecular weight is 388 g/mol. The van der Waals surface area contributed by atoms with Crippen LogP contribution in [0.4, 0.5) is 11.4 Å². The molecule has 2 heterocycles. The number of hydrogen-bond acceptors (Lipinski definition) is 3. The van der Waals surface area contributed by atoms with Crippen LogP contribution in [0.5, 0.6) is 0 Å². The van der Waals surface area contributed by atoms with Gasteiger partial charge in [-0.05, 0) is 60.5 Å². The molecule has 1 aliphatic heterocycles. The van der Waals surface area contributed by atoms with E-state index < -0.39 is 0 Å². The number of benzene rings is 3. The van der Waals surface area contributed by atoms with Crippen LogP contribution in [-0.2, 0) is 0 Å². The third kappa shape index (κ3) is 2.90. The topological polar surface area (TPSA) is 40.9 Å². The third-order valence-electron chi connectivity index (χ3n) is 5.41. The molecule has 5 rings (SSSR count). The highest BCUT2D eigenvalue weighted by molar-refractivity contribution is 6.10. The number of hydrogen-bond donors (Lipinski definition) is 0. The van der Waals surface area contributed by atoms with E-state index in [0.29, 0.717) is 0 Å². The molecule has 0 aliphatic carbocycles. The monoisotopic (exact) mass is 388 g/mol. The number of aliphatic imine (C=N–C) groups is 2. The Kier molecular flexibility index (Phi) is 4.45. The molecule has 1 aliphatic rings. The van der Waals surface area contributed by atoms with Crippen molar-refractivity contribution in [2.24, 2.45) is 9.98 Å². The number of anilines is 2. The van der Waals surface area contributed by atoms with Crippen molar-refractivity contribution < 1.29 is 0 Å². The minimum Gasteiger partial charge on any atom is -0.310 e. The molecule has 0 amide bonds. The lowest BCUT2D eigenvalue weighted by Gasteiger charge is -2.33. The molecule has 0 saturated heterocycles. The van der Waals surface area contributed by atoms with E-state index in [2.05, 4.69) is 94.2 Å². The predicted molar refractivity (Wildman–Crippen MR) is 126 cm³/mol. The summed E-state index contributed by atoms with van der Waals surface area (Å²) in [5, 5.41) is 2.34. The van der Waals surface area contributed by atoms with Crippen molar-refractivity contribution in [2.45, 2.75) is 6.92 Å². The van der Waals surface area contributed by atoms with E-state index in [-0.39, 0.29) is 0 Å². The lowest BCUT2D eigenvalue weighted by Crippen LogP contribution is -2.20. The van der Waals surface area contributed by atoms with Crippen molar-refractivity contribution in [1.82, 2.24) is 4.98 Å². The smallest absolute Gasteiger partial charge is 0.115 e. The lowest BCUT2D eigenvalue weighted by atomic mass is 9.91. The fourth-order valence-corrected chi connectivity index (χ4v) is 4.14. The number of aromatic nitrogens is 1. The van der Waals surface area contributed by atoms with Crippen LogP contribution in [0.3, 0.4) is 0 Å². The normalized spacial score (nSPS) is 13.3. The molecule has 0 unspecified atom stereocenters. The largest absolute Gasteiger partial charge is 0.310 e. The van der Waals surface area contributed by atoms with Crippen LogP contribution in [-0.4, -0.2) is 18.0 Å². The molecule has 0 N–H and O–H groups in total. The molecule has 4 heteroatoms. The number of allylic oxidation sites excluding steroid dienone is 1. The highest BCUT2D eigenvalue weighted by Crippen LogP contribution is 2.46. The van der Waals surface area contributed by atoms with Crippen LogP contribution >= 0.6 is 0 Å². The molecule has 30 heavy (non-hydrogen) atoms. The van der Waals surface area contributed by atoms with Gasteiger partial charge in [0, 0.05) is 22.8 Å². The number of nitrogens with zero attached hydrogens (tertiary/aromatic N) is 4. The maximum Gasteiger partial charge on any atom is 0.115 e.